The fraction of sp³-hybridized carbons (Fsp3) is 0.417. The molecule has 0 saturated heterocycles. The minimum Gasteiger partial charge on any atom is -0.437 e. The number of nitrogens with zero attached hydrogens (tertiary/aromatic N) is 1. The Kier molecular flexibility index (Phi) is 3.91. The van der Waals surface area contributed by atoms with Crippen LogP contribution >= 0.6 is 23.1 Å². The van der Waals surface area contributed by atoms with Crippen molar-refractivity contribution in [2.75, 3.05) is 0 Å². The van der Waals surface area contributed by atoms with E-state index in [0.29, 0.717) is 5.22 Å². The first-order chi connectivity index (χ1) is 8.08. The van der Waals surface area contributed by atoms with Crippen molar-refractivity contribution in [1.29, 1.82) is 0 Å². The molecule has 0 radical (unpaired) electrons. The minimum atomic E-state index is 0.0575. The van der Waals surface area contributed by atoms with Crippen LogP contribution in [0.4, 0.5) is 0 Å². The Labute approximate surface area is 109 Å². The van der Waals surface area contributed by atoms with Gasteiger partial charge < -0.3 is 10.2 Å². The zero-order chi connectivity index (χ0) is 12.4. The van der Waals surface area contributed by atoms with Crippen molar-refractivity contribution in [1.82, 2.24) is 4.98 Å². The Balaban J connectivity index is 2.19. The molecule has 0 bridgehead atoms. The van der Waals surface area contributed by atoms with Gasteiger partial charge in [0, 0.05) is 6.04 Å². The summed E-state index contributed by atoms with van der Waals surface area (Å²) in [4.78, 5) is 4.39. The highest BCUT2D eigenvalue weighted by Crippen LogP contribution is 2.38. The van der Waals surface area contributed by atoms with Crippen molar-refractivity contribution in [3.05, 3.63) is 33.8 Å². The molecule has 17 heavy (non-hydrogen) atoms. The van der Waals surface area contributed by atoms with E-state index in [4.69, 9.17) is 10.2 Å². The summed E-state index contributed by atoms with van der Waals surface area (Å²) in [5.74, 6) is 0.876. The summed E-state index contributed by atoms with van der Waals surface area (Å²) >= 11 is 3.28. The molecule has 0 aliphatic heterocycles. The summed E-state index contributed by atoms with van der Waals surface area (Å²) in [5.41, 5.74) is 8.22. The topological polar surface area (TPSA) is 52.0 Å². The molecule has 0 aromatic carbocycles. The van der Waals surface area contributed by atoms with E-state index in [2.05, 4.69) is 21.8 Å². The summed E-state index contributed by atoms with van der Waals surface area (Å²) in [6, 6.07) is 2.16. The lowest BCUT2D eigenvalue weighted by Crippen LogP contribution is -2.22. The standard InChI is InChI=1S/C12H16N2OS2/c1-7(13)11(10-4-5-16-6-10)17-12-14-8(2)9(3)15-12/h4-7,11H,13H2,1-3H3. The fourth-order valence-corrected chi connectivity index (χ4v) is 3.38. The monoisotopic (exact) mass is 268 g/mol. The second-order valence-electron chi connectivity index (χ2n) is 4.08. The van der Waals surface area contributed by atoms with E-state index in [-0.39, 0.29) is 11.3 Å². The average molecular weight is 268 g/mol. The molecular weight excluding hydrogens is 252 g/mol. The molecule has 3 nitrogen and oxygen atoms in total. The normalized spacial score (nSPS) is 14.8. The maximum atomic E-state index is 6.03. The third-order valence-electron chi connectivity index (χ3n) is 2.59. The van der Waals surface area contributed by atoms with Gasteiger partial charge >= 0.3 is 0 Å². The van der Waals surface area contributed by atoms with Gasteiger partial charge in [-0.1, -0.05) is 11.8 Å². The van der Waals surface area contributed by atoms with Crippen LogP contribution in [0.25, 0.3) is 0 Å². The molecule has 2 rings (SSSR count). The van der Waals surface area contributed by atoms with Gasteiger partial charge in [0.1, 0.15) is 5.76 Å². The lowest BCUT2D eigenvalue weighted by Gasteiger charge is -2.17. The smallest absolute Gasteiger partial charge is 0.256 e. The summed E-state index contributed by atoms with van der Waals surface area (Å²) in [6.07, 6.45) is 0. The van der Waals surface area contributed by atoms with Gasteiger partial charge in [-0.05, 0) is 43.2 Å². The summed E-state index contributed by atoms with van der Waals surface area (Å²) in [5, 5.41) is 5.09. The van der Waals surface area contributed by atoms with Crippen LogP contribution < -0.4 is 5.73 Å². The molecule has 2 unspecified atom stereocenters. The van der Waals surface area contributed by atoms with Crippen LogP contribution in [0, 0.1) is 13.8 Å². The molecule has 0 aliphatic rings. The van der Waals surface area contributed by atoms with Crippen LogP contribution in [0.1, 0.15) is 29.2 Å². The summed E-state index contributed by atoms with van der Waals surface area (Å²) in [6.45, 7) is 5.89. The SMILES string of the molecule is Cc1nc(SC(c2ccsc2)C(C)N)oc1C. The number of hydrogen-bond donors (Lipinski definition) is 1. The van der Waals surface area contributed by atoms with Gasteiger partial charge in [0.2, 0.25) is 0 Å². The second kappa shape index (κ2) is 5.25. The van der Waals surface area contributed by atoms with E-state index in [1.807, 2.05) is 20.8 Å². The average Bonchev–Trinajstić information content (AvgIpc) is 2.86. The maximum absolute atomic E-state index is 6.03. The molecule has 2 N–H and O–H groups in total. The van der Waals surface area contributed by atoms with Gasteiger partial charge in [0.25, 0.3) is 5.22 Å². The second-order valence-corrected chi connectivity index (χ2v) is 5.95. The van der Waals surface area contributed by atoms with Gasteiger partial charge in [0.05, 0.1) is 10.9 Å². The maximum Gasteiger partial charge on any atom is 0.256 e. The Morgan fingerprint density at radius 3 is 2.71 bits per heavy atom. The summed E-state index contributed by atoms with van der Waals surface area (Å²) < 4.78 is 5.59. The molecule has 2 aromatic rings. The molecule has 92 valence electrons. The number of aryl methyl sites for hydroxylation is 2. The van der Waals surface area contributed by atoms with Crippen molar-refractivity contribution in [2.45, 2.75) is 37.3 Å². The number of hydrogen-bond acceptors (Lipinski definition) is 5. The number of rotatable bonds is 4. The first-order valence-electron chi connectivity index (χ1n) is 5.46. The molecule has 2 heterocycles. The van der Waals surface area contributed by atoms with Crippen LogP contribution in [0.15, 0.2) is 26.5 Å². The number of nitrogens with two attached hydrogens (primary N) is 1. The van der Waals surface area contributed by atoms with Gasteiger partial charge in [-0.3, -0.25) is 0 Å². The van der Waals surface area contributed by atoms with Crippen LogP contribution in [0.2, 0.25) is 0 Å². The number of aromatic nitrogens is 1. The third kappa shape index (κ3) is 2.91. The van der Waals surface area contributed by atoms with Crippen LogP contribution in [-0.4, -0.2) is 11.0 Å². The van der Waals surface area contributed by atoms with E-state index in [1.54, 1.807) is 23.1 Å². The van der Waals surface area contributed by atoms with E-state index < -0.39 is 0 Å². The van der Waals surface area contributed by atoms with E-state index >= 15 is 0 Å². The molecule has 2 atom stereocenters. The van der Waals surface area contributed by atoms with Crippen molar-refractivity contribution in [3.63, 3.8) is 0 Å². The Bertz CT molecular complexity index is 457. The first-order valence-corrected chi connectivity index (χ1v) is 7.28. The molecule has 5 heteroatoms. The molecule has 0 spiro atoms. The van der Waals surface area contributed by atoms with Crippen LogP contribution in [0.5, 0.6) is 0 Å². The number of oxazole rings is 1. The molecular formula is C12H16N2OS2. The van der Waals surface area contributed by atoms with E-state index in [9.17, 15) is 0 Å². The Morgan fingerprint density at radius 2 is 2.24 bits per heavy atom. The van der Waals surface area contributed by atoms with E-state index in [1.165, 1.54) is 5.56 Å². The van der Waals surface area contributed by atoms with Gasteiger partial charge in [-0.15, -0.1) is 0 Å². The van der Waals surface area contributed by atoms with Crippen LogP contribution in [0.3, 0.4) is 0 Å². The Morgan fingerprint density at radius 1 is 1.47 bits per heavy atom. The number of thioether (sulfide) groups is 1. The van der Waals surface area contributed by atoms with Gasteiger partial charge in [-0.2, -0.15) is 11.3 Å². The predicted octanol–water partition coefficient (Wildman–Crippen LogP) is 3.53. The first kappa shape index (κ1) is 12.7. The largest absolute Gasteiger partial charge is 0.437 e. The van der Waals surface area contributed by atoms with Crippen molar-refractivity contribution in [2.24, 2.45) is 5.73 Å². The molecule has 0 fully saturated rings. The lowest BCUT2D eigenvalue weighted by atomic mass is 10.1. The predicted molar refractivity (Wildman–Crippen MR) is 72.5 cm³/mol. The quantitative estimate of drug-likeness (QED) is 0.862. The molecule has 2 aromatic heterocycles. The molecule has 0 amide bonds. The van der Waals surface area contributed by atoms with Gasteiger partial charge in [0.15, 0.2) is 0 Å². The molecule has 0 saturated carbocycles. The zero-order valence-corrected chi connectivity index (χ0v) is 11.8. The zero-order valence-electron chi connectivity index (χ0n) is 10.1. The van der Waals surface area contributed by atoms with Crippen LogP contribution in [-0.2, 0) is 0 Å². The summed E-state index contributed by atoms with van der Waals surface area (Å²) in [7, 11) is 0. The van der Waals surface area contributed by atoms with Gasteiger partial charge in [-0.25, -0.2) is 4.98 Å². The third-order valence-corrected chi connectivity index (χ3v) is 4.62. The van der Waals surface area contributed by atoms with E-state index in [0.717, 1.165) is 11.5 Å². The van der Waals surface area contributed by atoms with Crippen molar-refractivity contribution in [3.8, 4) is 0 Å². The lowest BCUT2D eigenvalue weighted by molar-refractivity contribution is 0.429. The van der Waals surface area contributed by atoms with Crippen molar-refractivity contribution < 1.29 is 4.42 Å². The highest BCUT2D eigenvalue weighted by molar-refractivity contribution is 7.99. The highest BCUT2D eigenvalue weighted by Gasteiger charge is 2.21. The Hall–Kier alpha value is -0.780. The minimum absolute atomic E-state index is 0.0575. The number of thiophene rings is 1. The highest BCUT2D eigenvalue weighted by atomic mass is 32.2. The molecule has 0 aliphatic carbocycles. The fourth-order valence-electron chi connectivity index (χ4n) is 1.52. The van der Waals surface area contributed by atoms with Crippen molar-refractivity contribution >= 4 is 23.1 Å².